The fourth-order valence-corrected chi connectivity index (χ4v) is 3.17. The highest BCUT2D eigenvalue weighted by Gasteiger charge is 2.10. The van der Waals surface area contributed by atoms with Crippen molar-refractivity contribution in [2.45, 2.75) is 24.5 Å². The Labute approximate surface area is 123 Å². The van der Waals surface area contributed by atoms with E-state index in [1.54, 1.807) is 11.8 Å². The summed E-state index contributed by atoms with van der Waals surface area (Å²) in [6, 6.07) is 14.3. The van der Waals surface area contributed by atoms with Crippen molar-refractivity contribution in [1.29, 1.82) is 0 Å². The molecule has 0 saturated carbocycles. The normalized spacial score (nSPS) is 11.6. The molecule has 20 heavy (non-hydrogen) atoms. The molecule has 0 amide bonds. The number of hydrogen-bond donors (Lipinski definition) is 2. The zero-order chi connectivity index (χ0) is 14.5. The van der Waals surface area contributed by atoms with Crippen LogP contribution in [0, 0.1) is 13.8 Å². The highest BCUT2D eigenvalue weighted by Crippen LogP contribution is 2.29. The van der Waals surface area contributed by atoms with Gasteiger partial charge in [-0.3, -0.25) is 0 Å². The van der Waals surface area contributed by atoms with Crippen molar-refractivity contribution in [1.82, 2.24) is 0 Å². The van der Waals surface area contributed by atoms with E-state index in [0.29, 0.717) is 0 Å². The second-order valence-corrected chi connectivity index (χ2v) is 5.70. The first-order valence-corrected chi connectivity index (χ1v) is 7.36. The van der Waals surface area contributed by atoms with Gasteiger partial charge in [-0.05, 0) is 25.0 Å². The Hall–Kier alpha value is -1.94. The molecular formula is C16H18N2OS. The lowest BCUT2D eigenvalue weighted by Gasteiger charge is -2.11. The second kappa shape index (κ2) is 6.48. The highest BCUT2D eigenvalue weighted by atomic mass is 32.2. The van der Waals surface area contributed by atoms with Crippen molar-refractivity contribution < 1.29 is 5.21 Å². The molecule has 3 nitrogen and oxygen atoms in total. The van der Waals surface area contributed by atoms with Crippen molar-refractivity contribution in [2.24, 2.45) is 10.9 Å². The zero-order valence-corrected chi connectivity index (χ0v) is 12.4. The van der Waals surface area contributed by atoms with Crippen molar-refractivity contribution in [3.05, 3.63) is 64.7 Å². The topological polar surface area (TPSA) is 58.6 Å². The third kappa shape index (κ3) is 3.33. The fraction of sp³-hybridized carbons (Fsp3) is 0.188. The van der Waals surface area contributed by atoms with E-state index in [1.807, 2.05) is 25.1 Å². The fourth-order valence-electron chi connectivity index (χ4n) is 2.06. The van der Waals surface area contributed by atoms with E-state index < -0.39 is 0 Å². The molecule has 0 saturated heterocycles. The summed E-state index contributed by atoms with van der Waals surface area (Å²) in [6.07, 6.45) is 0. The van der Waals surface area contributed by atoms with Gasteiger partial charge in [0.15, 0.2) is 5.84 Å². The molecule has 104 valence electrons. The largest absolute Gasteiger partial charge is 0.409 e. The molecule has 2 aromatic rings. The number of rotatable bonds is 4. The number of nitrogens with two attached hydrogens (primary N) is 1. The van der Waals surface area contributed by atoms with Gasteiger partial charge in [-0.1, -0.05) is 53.2 Å². The van der Waals surface area contributed by atoms with E-state index >= 15 is 0 Å². The molecule has 0 radical (unpaired) electrons. The molecule has 0 unspecified atom stereocenters. The third-order valence-corrected chi connectivity index (χ3v) is 4.37. The minimum Gasteiger partial charge on any atom is -0.409 e. The summed E-state index contributed by atoms with van der Waals surface area (Å²) in [7, 11) is 0. The molecule has 3 N–H and O–H groups in total. The lowest BCUT2D eigenvalue weighted by atomic mass is 10.1. The smallest absolute Gasteiger partial charge is 0.171 e. The van der Waals surface area contributed by atoms with Crippen LogP contribution in [0.25, 0.3) is 0 Å². The van der Waals surface area contributed by atoms with Crippen molar-refractivity contribution >= 4 is 17.6 Å². The number of benzene rings is 2. The van der Waals surface area contributed by atoms with Gasteiger partial charge < -0.3 is 10.9 Å². The van der Waals surface area contributed by atoms with Gasteiger partial charge in [0, 0.05) is 16.2 Å². The number of nitrogens with zero attached hydrogens (tertiary/aromatic N) is 1. The van der Waals surface area contributed by atoms with Gasteiger partial charge in [-0.15, -0.1) is 11.8 Å². The molecule has 0 heterocycles. The molecule has 0 aromatic heterocycles. The van der Waals surface area contributed by atoms with Crippen LogP contribution in [0.4, 0.5) is 0 Å². The molecule has 2 rings (SSSR count). The van der Waals surface area contributed by atoms with Crippen LogP contribution < -0.4 is 5.73 Å². The summed E-state index contributed by atoms with van der Waals surface area (Å²) in [5.74, 6) is 1.01. The van der Waals surface area contributed by atoms with Crippen LogP contribution in [0.3, 0.4) is 0 Å². The second-order valence-electron chi connectivity index (χ2n) is 4.71. The van der Waals surface area contributed by atoms with Crippen molar-refractivity contribution in [2.75, 3.05) is 0 Å². The number of aryl methyl sites for hydroxylation is 2. The van der Waals surface area contributed by atoms with Gasteiger partial charge in [-0.2, -0.15) is 0 Å². The number of oxime groups is 1. The standard InChI is InChI=1S/C16H18N2OS/c1-11-5-3-7-13(9-11)10-20-15-12(2)6-4-8-14(15)16(17)18-19/h3-9,19H,10H2,1-2H3,(H2,17,18). The first-order chi connectivity index (χ1) is 9.61. The van der Waals surface area contributed by atoms with Gasteiger partial charge in [0.25, 0.3) is 0 Å². The van der Waals surface area contributed by atoms with Crippen molar-refractivity contribution in [3.8, 4) is 0 Å². The summed E-state index contributed by atoms with van der Waals surface area (Å²) < 4.78 is 0. The third-order valence-electron chi connectivity index (χ3n) is 3.06. The molecule has 0 spiro atoms. The van der Waals surface area contributed by atoms with Crippen molar-refractivity contribution in [3.63, 3.8) is 0 Å². The van der Waals surface area contributed by atoms with Gasteiger partial charge in [-0.25, -0.2) is 0 Å². The quantitative estimate of drug-likeness (QED) is 0.296. The molecule has 0 atom stereocenters. The maximum atomic E-state index is 8.88. The predicted molar refractivity (Wildman–Crippen MR) is 84.4 cm³/mol. The maximum Gasteiger partial charge on any atom is 0.171 e. The monoisotopic (exact) mass is 286 g/mol. The summed E-state index contributed by atoms with van der Waals surface area (Å²) in [5, 5.41) is 12.0. The van der Waals surface area contributed by atoms with Crippen LogP contribution in [-0.2, 0) is 5.75 Å². The summed E-state index contributed by atoms with van der Waals surface area (Å²) >= 11 is 1.71. The average molecular weight is 286 g/mol. The Morgan fingerprint density at radius 1 is 1.20 bits per heavy atom. The van der Waals surface area contributed by atoms with Crippen LogP contribution in [0.2, 0.25) is 0 Å². The van der Waals surface area contributed by atoms with Crippen LogP contribution >= 0.6 is 11.8 Å². The SMILES string of the molecule is Cc1cccc(CSc2c(C)cccc2/C(N)=N/O)c1. The van der Waals surface area contributed by atoms with E-state index in [0.717, 1.165) is 21.8 Å². The van der Waals surface area contributed by atoms with Crippen LogP contribution in [0.1, 0.15) is 22.3 Å². The van der Waals surface area contributed by atoms with E-state index in [9.17, 15) is 0 Å². The van der Waals surface area contributed by atoms with Crippen LogP contribution in [0.15, 0.2) is 52.5 Å². The van der Waals surface area contributed by atoms with E-state index in [4.69, 9.17) is 10.9 Å². The number of thioether (sulfide) groups is 1. The Balaban J connectivity index is 2.25. The summed E-state index contributed by atoms with van der Waals surface area (Å²) in [5.41, 5.74) is 10.2. The molecule has 0 fully saturated rings. The van der Waals surface area contributed by atoms with E-state index in [1.165, 1.54) is 11.1 Å². The summed E-state index contributed by atoms with van der Waals surface area (Å²) in [4.78, 5) is 1.06. The lowest BCUT2D eigenvalue weighted by molar-refractivity contribution is 0.318. The molecule has 4 heteroatoms. The Kier molecular flexibility index (Phi) is 4.69. The molecule has 0 aliphatic rings. The van der Waals surface area contributed by atoms with E-state index in [2.05, 4.69) is 36.3 Å². The van der Waals surface area contributed by atoms with Gasteiger partial charge in [0.2, 0.25) is 0 Å². The Morgan fingerprint density at radius 3 is 2.65 bits per heavy atom. The van der Waals surface area contributed by atoms with Gasteiger partial charge in [0.05, 0.1) is 0 Å². The molecule has 0 aliphatic heterocycles. The molecule has 0 aliphatic carbocycles. The number of hydrogen-bond acceptors (Lipinski definition) is 3. The molecular weight excluding hydrogens is 268 g/mol. The number of amidine groups is 1. The maximum absolute atomic E-state index is 8.88. The van der Waals surface area contributed by atoms with Crippen LogP contribution in [0.5, 0.6) is 0 Å². The Morgan fingerprint density at radius 2 is 1.95 bits per heavy atom. The predicted octanol–water partition coefficient (Wildman–Crippen LogP) is 3.69. The highest BCUT2D eigenvalue weighted by molar-refractivity contribution is 7.98. The van der Waals surface area contributed by atoms with Crippen LogP contribution in [-0.4, -0.2) is 11.0 Å². The Bertz CT molecular complexity index is 638. The lowest BCUT2D eigenvalue weighted by Crippen LogP contribution is -2.14. The first kappa shape index (κ1) is 14.5. The molecule has 2 aromatic carbocycles. The molecule has 0 bridgehead atoms. The van der Waals surface area contributed by atoms with Gasteiger partial charge in [0.1, 0.15) is 0 Å². The van der Waals surface area contributed by atoms with Gasteiger partial charge >= 0.3 is 0 Å². The zero-order valence-electron chi connectivity index (χ0n) is 11.6. The first-order valence-electron chi connectivity index (χ1n) is 6.37. The van der Waals surface area contributed by atoms with E-state index in [-0.39, 0.29) is 5.84 Å². The minimum atomic E-state index is 0.153. The summed E-state index contributed by atoms with van der Waals surface area (Å²) in [6.45, 7) is 4.12. The average Bonchev–Trinajstić information content (AvgIpc) is 2.45. The minimum absolute atomic E-state index is 0.153.